The van der Waals surface area contributed by atoms with E-state index in [0.29, 0.717) is 5.56 Å². The fourth-order valence-corrected chi connectivity index (χ4v) is 3.01. The van der Waals surface area contributed by atoms with Crippen LogP contribution in [0.25, 0.3) is 10.9 Å². The lowest BCUT2D eigenvalue weighted by molar-refractivity contribution is 0.0697. The summed E-state index contributed by atoms with van der Waals surface area (Å²) in [5.74, 6) is -0.875. The van der Waals surface area contributed by atoms with E-state index in [2.05, 4.69) is 16.4 Å². The quantitative estimate of drug-likeness (QED) is 0.890. The van der Waals surface area contributed by atoms with Crippen molar-refractivity contribution in [3.63, 3.8) is 0 Å². The van der Waals surface area contributed by atoms with Crippen LogP contribution in [0, 0.1) is 0 Å². The number of fused-ring (bicyclic) bond motifs is 1. The molecular weight excluding hydrogens is 266 g/mol. The van der Waals surface area contributed by atoms with Crippen molar-refractivity contribution in [3.05, 3.63) is 35.5 Å². The molecule has 1 aromatic carbocycles. The van der Waals surface area contributed by atoms with Crippen molar-refractivity contribution in [2.75, 3.05) is 32.7 Å². The fraction of sp³-hybridized carbons (Fsp3) is 0.438. The highest BCUT2D eigenvalue weighted by Crippen LogP contribution is 2.23. The topological polar surface area (TPSA) is 57.5 Å². The summed E-state index contributed by atoms with van der Waals surface area (Å²) in [6.45, 7) is 5.40. The van der Waals surface area contributed by atoms with Crippen LogP contribution in [0.5, 0.6) is 0 Å². The van der Waals surface area contributed by atoms with Gasteiger partial charge in [0.05, 0.1) is 5.56 Å². The van der Waals surface area contributed by atoms with E-state index in [-0.39, 0.29) is 0 Å². The van der Waals surface area contributed by atoms with Crippen LogP contribution in [0.15, 0.2) is 24.4 Å². The molecule has 5 heteroatoms. The number of piperazine rings is 1. The Morgan fingerprint density at radius 1 is 1.33 bits per heavy atom. The first kappa shape index (κ1) is 14.1. The molecule has 1 aliphatic heterocycles. The van der Waals surface area contributed by atoms with Crippen LogP contribution in [-0.4, -0.2) is 53.3 Å². The summed E-state index contributed by atoms with van der Waals surface area (Å²) in [5, 5.41) is 13.6. The maximum absolute atomic E-state index is 11.1. The Morgan fingerprint density at radius 2 is 2.10 bits per heavy atom. The molecule has 1 fully saturated rings. The second kappa shape index (κ2) is 5.87. The van der Waals surface area contributed by atoms with Crippen LogP contribution in [0.2, 0.25) is 0 Å². The molecule has 0 radical (unpaired) electrons. The van der Waals surface area contributed by atoms with Crippen LogP contribution in [0.3, 0.4) is 0 Å². The average molecular weight is 287 g/mol. The number of hydrogen-bond donors (Lipinski definition) is 2. The molecule has 1 aromatic heterocycles. The molecule has 0 aliphatic carbocycles. The van der Waals surface area contributed by atoms with Gasteiger partial charge in [-0.3, -0.25) is 0 Å². The van der Waals surface area contributed by atoms with Gasteiger partial charge in [-0.1, -0.05) is 6.07 Å². The van der Waals surface area contributed by atoms with Gasteiger partial charge in [0.1, 0.15) is 0 Å². The first-order valence-electron chi connectivity index (χ1n) is 7.39. The third-order valence-electron chi connectivity index (χ3n) is 4.23. The predicted molar refractivity (Wildman–Crippen MR) is 82.9 cm³/mol. The standard InChI is InChI=1S/C16H21N3O2/c1-18-11-13(4-7-19-8-5-17-6-9-19)14-3-2-12(16(20)21)10-15(14)18/h2-3,10-11,17H,4-9H2,1H3,(H,20,21). The summed E-state index contributed by atoms with van der Waals surface area (Å²) >= 11 is 0. The van der Waals surface area contributed by atoms with E-state index in [1.807, 2.05) is 17.7 Å². The Balaban J connectivity index is 1.80. The smallest absolute Gasteiger partial charge is 0.335 e. The minimum absolute atomic E-state index is 0.345. The third kappa shape index (κ3) is 2.94. The number of benzene rings is 1. The third-order valence-corrected chi connectivity index (χ3v) is 4.23. The fourth-order valence-electron chi connectivity index (χ4n) is 3.01. The first-order chi connectivity index (χ1) is 10.1. The molecule has 1 aliphatic rings. The van der Waals surface area contributed by atoms with Crippen molar-refractivity contribution in [1.29, 1.82) is 0 Å². The largest absolute Gasteiger partial charge is 0.478 e. The van der Waals surface area contributed by atoms with E-state index in [1.54, 1.807) is 12.1 Å². The molecule has 0 bridgehead atoms. The lowest BCUT2D eigenvalue weighted by Crippen LogP contribution is -2.44. The molecule has 0 spiro atoms. The molecule has 2 aromatic rings. The van der Waals surface area contributed by atoms with Gasteiger partial charge in [-0.2, -0.15) is 0 Å². The normalized spacial score (nSPS) is 16.4. The van der Waals surface area contributed by atoms with Crippen LogP contribution in [0.4, 0.5) is 0 Å². The Bertz CT molecular complexity index is 657. The summed E-state index contributed by atoms with van der Waals surface area (Å²) in [6, 6.07) is 5.39. The van der Waals surface area contributed by atoms with Gasteiger partial charge in [0.25, 0.3) is 0 Å². The highest BCUT2D eigenvalue weighted by Gasteiger charge is 2.13. The number of aromatic nitrogens is 1. The summed E-state index contributed by atoms with van der Waals surface area (Å²) in [4.78, 5) is 13.5. The number of aryl methyl sites for hydroxylation is 1. The number of nitrogens with zero attached hydrogens (tertiary/aromatic N) is 2. The number of nitrogens with one attached hydrogen (secondary N) is 1. The van der Waals surface area contributed by atoms with Crippen molar-refractivity contribution in [1.82, 2.24) is 14.8 Å². The molecule has 0 saturated carbocycles. The highest BCUT2D eigenvalue weighted by molar-refractivity contribution is 5.94. The van der Waals surface area contributed by atoms with E-state index < -0.39 is 5.97 Å². The zero-order valence-electron chi connectivity index (χ0n) is 12.3. The van der Waals surface area contributed by atoms with Gasteiger partial charge < -0.3 is 19.9 Å². The van der Waals surface area contributed by atoms with Crippen LogP contribution in [0.1, 0.15) is 15.9 Å². The SMILES string of the molecule is Cn1cc(CCN2CCNCC2)c2ccc(C(=O)O)cc21. The Kier molecular flexibility index (Phi) is 3.94. The second-order valence-electron chi connectivity index (χ2n) is 5.64. The molecule has 1 saturated heterocycles. The number of hydrogen-bond acceptors (Lipinski definition) is 3. The van der Waals surface area contributed by atoms with Crippen molar-refractivity contribution < 1.29 is 9.90 Å². The van der Waals surface area contributed by atoms with E-state index >= 15 is 0 Å². The highest BCUT2D eigenvalue weighted by atomic mass is 16.4. The Hall–Kier alpha value is -1.85. The maximum atomic E-state index is 11.1. The molecular formula is C16H21N3O2. The van der Waals surface area contributed by atoms with Gasteiger partial charge in [-0.05, 0) is 24.1 Å². The van der Waals surface area contributed by atoms with E-state index in [0.717, 1.165) is 50.0 Å². The van der Waals surface area contributed by atoms with E-state index in [1.165, 1.54) is 5.56 Å². The van der Waals surface area contributed by atoms with Crippen LogP contribution < -0.4 is 5.32 Å². The predicted octanol–water partition coefficient (Wildman–Crippen LogP) is 1.32. The number of rotatable bonds is 4. The number of aromatic carboxylic acids is 1. The molecule has 0 unspecified atom stereocenters. The van der Waals surface area contributed by atoms with Gasteiger partial charge in [-0.15, -0.1) is 0 Å². The molecule has 2 heterocycles. The zero-order valence-corrected chi connectivity index (χ0v) is 12.3. The monoisotopic (exact) mass is 287 g/mol. The molecule has 5 nitrogen and oxygen atoms in total. The van der Waals surface area contributed by atoms with Gasteiger partial charge >= 0.3 is 5.97 Å². The van der Waals surface area contributed by atoms with Crippen molar-refractivity contribution in [3.8, 4) is 0 Å². The molecule has 0 amide bonds. The minimum Gasteiger partial charge on any atom is -0.478 e. The van der Waals surface area contributed by atoms with E-state index in [4.69, 9.17) is 5.11 Å². The second-order valence-corrected chi connectivity index (χ2v) is 5.64. The first-order valence-corrected chi connectivity index (χ1v) is 7.39. The van der Waals surface area contributed by atoms with Crippen molar-refractivity contribution >= 4 is 16.9 Å². The number of carboxylic acid groups (broad SMARTS) is 1. The van der Waals surface area contributed by atoms with Crippen molar-refractivity contribution in [2.45, 2.75) is 6.42 Å². The van der Waals surface area contributed by atoms with E-state index in [9.17, 15) is 4.79 Å². The Labute approximate surface area is 124 Å². The van der Waals surface area contributed by atoms with Crippen LogP contribution >= 0.6 is 0 Å². The lowest BCUT2D eigenvalue weighted by Gasteiger charge is -2.26. The number of carboxylic acids is 1. The van der Waals surface area contributed by atoms with Crippen molar-refractivity contribution in [2.24, 2.45) is 7.05 Å². The summed E-state index contributed by atoms with van der Waals surface area (Å²) in [6.07, 6.45) is 3.13. The molecule has 0 atom stereocenters. The summed E-state index contributed by atoms with van der Waals surface area (Å²) in [7, 11) is 1.97. The average Bonchev–Trinajstić information content (AvgIpc) is 2.82. The summed E-state index contributed by atoms with van der Waals surface area (Å²) in [5.41, 5.74) is 2.63. The van der Waals surface area contributed by atoms with Gasteiger partial charge in [0.2, 0.25) is 0 Å². The minimum atomic E-state index is -0.875. The number of carbonyl (C=O) groups is 1. The lowest BCUT2D eigenvalue weighted by atomic mass is 10.1. The van der Waals surface area contributed by atoms with Gasteiger partial charge in [0.15, 0.2) is 0 Å². The maximum Gasteiger partial charge on any atom is 0.335 e. The molecule has 21 heavy (non-hydrogen) atoms. The molecule has 3 rings (SSSR count). The van der Waals surface area contributed by atoms with Gasteiger partial charge in [-0.25, -0.2) is 4.79 Å². The van der Waals surface area contributed by atoms with Crippen LogP contribution in [-0.2, 0) is 13.5 Å². The molecule has 2 N–H and O–H groups in total. The molecule has 112 valence electrons. The zero-order chi connectivity index (χ0) is 14.8. The summed E-state index contributed by atoms with van der Waals surface area (Å²) < 4.78 is 2.02. The Morgan fingerprint density at radius 3 is 2.81 bits per heavy atom. The van der Waals surface area contributed by atoms with Gasteiger partial charge in [0, 0.05) is 56.9 Å².